The number of ether oxygens (including phenoxy) is 2. The predicted molar refractivity (Wildman–Crippen MR) is 141 cm³/mol. The van der Waals surface area contributed by atoms with Crippen molar-refractivity contribution < 1.29 is 19.1 Å². The summed E-state index contributed by atoms with van der Waals surface area (Å²) in [4.78, 5) is 29.2. The summed E-state index contributed by atoms with van der Waals surface area (Å²) in [6, 6.07) is 15.2. The van der Waals surface area contributed by atoms with Crippen LogP contribution >= 0.6 is 11.6 Å². The molecule has 1 atom stereocenters. The zero-order valence-corrected chi connectivity index (χ0v) is 22.1. The van der Waals surface area contributed by atoms with Crippen LogP contribution in [0, 0.1) is 5.92 Å². The molecule has 0 aromatic heterocycles. The number of halogens is 1. The van der Waals surface area contributed by atoms with E-state index in [4.69, 9.17) is 21.1 Å². The highest BCUT2D eigenvalue weighted by molar-refractivity contribution is 6.34. The summed E-state index contributed by atoms with van der Waals surface area (Å²) in [5.74, 6) is 1.33. The highest BCUT2D eigenvalue weighted by Gasteiger charge is 2.47. The number of likely N-dealkylation sites (tertiary alicyclic amines) is 1. The van der Waals surface area contributed by atoms with Crippen LogP contribution in [-0.4, -0.2) is 62.0 Å². The van der Waals surface area contributed by atoms with E-state index in [1.165, 1.54) is 4.90 Å². The van der Waals surface area contributed by atoms with Crippen LogP contribution < -0.4 is 4.74 Å². The monoisotopic (exact) mass is 512 g/mol. The molecule has 7 heteroatoms. The molecule has 2 saturated heterocycles. The van der Waals surface area contributed by atoms with Gasteiger partial charge in [0, 0.05) is 33.8 Å². The molecule has 2 amide bonds. The van der Waals surface area contributed by atoms with Gasteiger partial charge < -0.3 is 19.3 Å². The van der Waals surface area contributed by atoms with E-state index in [1.54, 1.807) is 32.3 Å². The van der Waals surface area contributed by atoms with Crippen LogP contribution in [-0.2, 0) is 15.1 Å². The second-order valence-electron chi connectivity index (χ2n) is 10.1. The minimum absolute atomic E-state index is 0.120. The van der Waals surface area contributed by atoms with E-state index < -0.39 is 5.60 Å². The molecule has 6 nitrogen and oxygen atoms in total. The predicted octanol–water partition coefficient (Wildman–Crippen LogP) is 5.54. The lowest BCUT2D eigenvalue weighted by Crippen LogP contribution is -2.49. The van der Waals surface area contributed by atoms with Crippen LogP contribution in [0.25, 0.3) is 0 Å². The van der Waals surface area contributed by atoms with Crippen molar-refractivity contribution in [2.75, 3.05) is 40.4 Å². The number of nitrogens with zero attached hydrogens (tertiary/aromatic N) is 2. The van der Waals surface area contributed by atoms with Gasteiger partial charge in [-0.05, 0) is 68.2 Å². The van der Waals surface area contributed by atoms with Gasteiger partial charge in [0.25, 0.3) is 11.8 Å². The lowest BCUT2D eigenvalue weighted by molar-refractivity contribution is -0.155. The van der Waals surface area contributed by atoms with Crippen molar-refractivity contribution in [1.29, 1.82) is 0 Å². The fraction of sp³-hybridized carbons (Fsp3) is 0.517. The maximum absolute atomic E-state index is 13.5. The van der Waals surface area contributed by atoms with E-state index in [0.717, 1.165) is 63.6 Å². The third kappa shape index (κ3) is 6.04. The first-order chi connectivity index (χ1) is 17.4. The summed E-state index contributed by atoms with van der Waals surface area (Å²) in [5, 5.41) is 0.407. The Kier molecular flexibility index (Phi) is 8.91. The van der Waals surface area contributed by atoms with Gasteiger partial charge in [-0.2, -0.15) is 0 Å². The number of piperidine rings is 1. The van der Waals surface area contributed by atoms with E-state index in [0.29, 0.717) is 35.5 Å². The van der Waals surface area contributed by atoms with E-state index in [1.807, 2.05) is 35.2 Å². The average Bonchev–Trinajstić information content (AvgIpc) is 3.40. The Morgan fingerprint density at radius 3 is 2.50 bits per heavy atom. The number of unbranched alkanes of at least 4 members (excludes halogenated alkanes) is 1. The Morgan fingerprint density at radius 2 is 1.86 bits per heavy atom. The Labute approximate surface area is 219 Å². The first-order valence-corrected chi connectivity index (χ1v) is 13.4. The minimum atomic E-state index is -0.799. The van der Waals surface area contributed by atoms with E-state index in [2.05, 4.69) is 0 Å². The van der Waals surface area contributed by atoms with Crippen molar-refractivity contribution in [2.45, 2.75) is 50.5 Å². The van der Waals surface area contributed by atoms with Gasteiger partial charge in [0.2, 0.25) is 0 Å². The summed E-state index contributed by atoms with van der Waals surface area (Å²) in [7, 11) is 3.41. The van der Waals surface area contributed by atoms with Gasteiger partial charge in [0.1, 0.15) is 5.75 Å². The van der Waals surface area contributed by atoms with Crippen molar-refractivity contribution in [1.82, 2.24) is 9.80 Å². The molecule has 2 heterocycles. The van der Waals surface area contributed by atoms with Crippen molar-refractivity contribution in [3.8, 4) is 5.75 Å². The van der Waals surface area contributed by atoms with Crippen LogP contribution in [0.1, 0.15) is 60.9 Å². The fourth-order valence-electron chi connectivity index (χ4n) is 5.27. The Hall–Kier alpha value is -2.57. The maximum Gasteiger partial charge on any atom is 0.259 e. The molecule has 36 heavy (non-hydrogen) atoms. The third-order valence-electron chi connectivity index (χ3n) is 7.36. The van der Waals surface area contributed by atoms with Gasteiger partial charge in [0.15, 0.2) is 5.60 Å². The minimum Gasteiger partial charge on any atom is -0.494 e. The second-order valence-corrected chi connectivity index (χ2v) is 10.5. The normalized spacial score (nSPS) is 20.4. The Balaban J connectivity index is 1.18. The third-order valence-corrected chi connectivity index (χ3v) is 7.67. The fourth-order valence-corrected chi connectivity index (χ4v) is 5.52. The van der Waals surface area contributed by atoms with Crippen molar-refractivity contribution in [2.24, 2.45) is 5.92 Å². The summed E-state index contributed by atoms with van der Waals surface area (Å²) in [6.45, 7) is 2.86. The number of benzene rings is 2. The topological polar surface area (TPSA) is 59.1 Å². The molecule has 2 aromatic carbocycles. The molecule has 4 rings (SSSR count). The molecule has 2 aliphatic rings. The van der Waals surface area contributed by atoms with Crippen molar-refractivity contribution >= 4 is 23.4 Å². The number of hydrogen-bond donors (Lipinski definition) is 0. The Morgan fingerprint density at radius 1 is 1.11 bits per heavy atom. The molecule has 0 unspecified atom stereocenters. The first kappa shape index (κ1) is 26.5. The lowest BCUT2D eigenvalue weighted by atomic mass is 9.86. The van der Waals surface area contributed by atoms with Crippen LogP contribution in [0.5, 0.6) is 5.75 Å². The molecule has 194 valence electrons. The zero-order valence-electron chi connectivity index (χ0n) is 21.4. The van der Waals surface area contributed by atoms with Crippen molar-refractivity contribution in [3.63, 3.8) is 0 Å². The van der Waals surface area contributed by atoms with Gasteiger partial charge in [-0.25, -0.2) is 0 Å². The Bertz CT molecular complexity index is 1030. The largest absolute Gasteiger partial charge is 0.494 e. The molecule has 0 aliphatic carbocycles. The number of hydrogen-bond acceptors (Lipinski definition) is 4. The molecule has 0 radical (unpaired) electrons. The summed E-state index contributed by atoms with van der Waals surface area (Å²) >= 11 is 6.27. The summed E-state index contributed by atoms with van der Waals surface area (Å²) in [6.07, 6.45) is 6.94. The maximum atomic E-state index is 13.5. The lowest BCUT2D eigenvalue weighted by Gasteiger charge is -2.38. The molecule has 0 N–H and O–H groups in total. The molecule has 0 spiro atoms. The van der Waals surface area contributed by atoms with Crippen molar-refractivity contribution in [3.05, 3.63) is 64.7 Å². The smallest absolute Gasteiger partial charge is 0.259 e. The van der Waals surface area contributed by atoms with Gasteiger partial charge in [-0.1, -0.05) is 48.4 Å². The highest BCUT2D eigenvalue weighted by Crippen LogP contribution is 2.39. The SMILES string of the molecule is CN(C)C(=O)c1ccc(OCCCCC2CCN(C(=O)[C@@]3(c4ccccc4)CCCO3)CC2)cc1Cl. The van der Waals surface area contributed by atoms with Crippen LogP contribution in [0.4, 0.5) is 0 Å². The van der Waals surface area contributed by atoms with Gasteiger partial charge in [-0.3, -0.25) is 9.59 Å². The quantitative estimate of drug-likeness (QED) is 0.414. The number of rotatable bonds is 9. The van der Waals surface area contributed by atoms with Crippen LogP contribution in [0.15, 0.2) is 48.5 Å². The summed E-state index contributed by atoms with van der Waals surface area (Å²) < 4.78 is 12.0. The van der Waals surface area contributed by atoms with Gasteiger partial charge in [-0.15, -0.1) is 0 Å². The van der Waals surface area contributed by atoms with Crippen LogP contribution in [0.2, 0.25) is 5.02 Å². The van der Waals surface area contributed by atoms with Crippen LogP contribution in [0.3, 0.4) is 0 Å². The average molecular weight is 513 g/mol. The standard InChI is InChI=1S/C29H37ClN2O4/c1-31(2)27(33)25-13-12-24(21-26(25)30)35-19-7-6-9-22-14-17-32(18-15-22)28(34)29(16-8-20-36-29)23-10-4-3-5-11-23/h3-5,10-13,21-22H,6-9,14-20H2,1-2H3/t29-/m0/s1. The van der Waals surface area contributed by atoms with Gasteiger partial charge in [0.05, 0.1) is 17.2 Å². The summed E-state index contributed by atoms with van der Waals surface area (Å²) in [5.41, 5.74) is 0.662. The zero-order chi connectivity index (χ0) is 25.5. The van der Waals surface area contributed by atoms with E-state index >= 15 is 0 Å². The molecular formula is C29H37ClN2O4. The molecular weight excluding hydrogens is 476 g/mol. The number of amides is 2. The molecule has 0 bridgehead atoms. The van der Waals surface area contributed by atoms with E-state index in [9.17, 15) is 9.59 Å². The highest BCUT2D eigenvalue weighted by atomic mass is 35.5. The molecule has 2 aromatic rings. The number of carbonyl (C=O) groups is 2. The van der Waals surface area contributed by atoms with E-state index in [-0.39, 0.29) is 11.8 Å². The number of carbonyl (C=O) groups excluding carboxylic acids is 2. The molecule has 2 fully saturated rings. The second kappa shape index (κ2) is 12.1. The molecule has 0 saturated carbocycles. The van der Waals surface area contributed by atoms with Gasteiger partial charge >= 0.3 is 0 Å². The molecule has 2 aliphatic heterocycles. The first-order valence-electron chi connectivity index (χ1n) is 13.0.